The quantitative estimate of drug-likeness (QED) is 0.0233. The predicted octanol–water partition coefficient (Wildman–Crippen LogP) is 15.0. The van der Waals surface area contributed by atoms with E-state index >= 15 is 0 Å². The highest BCUT2D eigenvalue weighted by Gasteiger charge is 2.27. The van der Waals surface area contributed by atoms with Crippen molar-refractivity contribution < 1.29 is 47.8 Å². The number of hydrogen-bond donors (Lipinski definition) is 3. The van der Waals surface area contributed by atoms with Crippen LogP contribution < -0.4 is 0 Å². The van der Waals surface area contributed by atoms with E-state index in [-0.39, 0.29) is 12.8 Å². The van der Waals surface area contributed by atoms with Gasteiger partial charge in [-0.05, 0) is 77.0 Å². The Kier molecular flexibility index (Phi) is 47.8. The smallest absolute Gasteiger partial charge is 0.457 e. The van der Waals surface area contributed by atoms with Crippen LogP contribution in [0.25, 0.3) is 0 Å². The lowest BCUT2D eigenvalue weighted by Gasteiger charge is -2.20. The van der Waals surface area contributed by atoms with Crippen molar-refractivity contribution in [2.75, 3.05) is 26.4 Å². The second-order valence-electron chi connectivity index (χ2n) is 17.5. The first kappa shape index (κ1) is 62.7. The summed E-state index contributed by atoms with van der Waals surface area (Å²) in [5.41, 5.74) is 0. The van der Waals surface area contributed by atoms with Crippen molar-refractivity contribution in [3.8, 4) is 0 Å². The van der Waals surface area contributed by atoms with Crippen LogP contribution in [0.5, 0.6) is 0 Å². The summed E-state index contributed by atoms with van der Waals surface area (Å²) in [6.45, 7) is 2.12. The van der Waals surface area contributed by atoms with Crippen LogP contribution in [0.1, 0.15) is 232 Å². The minimum Gasteiger partial charge on any atom is -0.457 e. The number of aliphatic hydroxyl groups excluding tert-OH is 2. The summed E-state index contributed by atoms with van der Waals surface area (Å²) in [5.74, 6) is -1.02. The maximum absolute atomic E-state index is 12.4. The largest absolute Gasteiger partial charge is 0.472 e. The van der Waals surface area contributed by atoms with Crippen molar-refractivity contribution in [2.45, 2.75) is 244 Å². The van der Waals surface area contributed by atoms with E-state index in [0.717, 1.165) is 70.6 Å². The normalized spacial score (nSPS) is 14.1. The van der Waals surface area contributed by atoms with Gasteiger partial charge in [0, 0.05) is 12.8 Å². The van der Waals surface area contributed by atoms with Gasteiger partial charge in [0.1, 0.15) is 12.2 Å². The summed E-state index contributed by atoms with van der Waals surface area (Å²) in [5, 5.41) is 19.3. The fourth-order valence-electron chi connectivity index (χ4n) is 7.22. The number of aliphatic hydroxyl groups is 2. The standard InChI is InChI=1S/C54H97O10P/c1-3-5-7-9-11-13-15-17-19-21-23-24-25-26-28-30-32-34-36-38-40-42-44-46-54(58)64-52(48-56)50-62-65(59,60)61-49-51(47-55)63-53(57)45-43-41-39-37-35-33-31-29-27-22-20-18-16-14-12-10-8-6-4-2/h5,7,11,13,17-20,23-24,51-52,55-56H,3-4,6,8-10,12,14-16,21-22,25-50H2,1-2H3,(H,59,60)/b7-5-,13-11-,19-17-,20-18-,24-23-. The molecule has 0 fully saturated rings. The third kappa shape index (κ3) is 48.0. The molecular weight excluding hydrogens is 840 g/mol. The Morgan fingerprint density at radius 3 is 1.06 bits per heavy atom. The zero-order valence-corrected chi connectivity index (χ0v) is 42.3. The summed E-state index contributed by atoms with van der Waals surface area (Å²) in [6, 6.07) is 0. The Balaban J connectivity index is 3.83. The van der Waals surface area contributed by atoms with Crippen molar-refractivity contribution in [1.29, 1.82) is 0 Å². The van der Waals surface area contributed by atoms with Crippen LogP contribution >= 0.6 is 7.82 Å². The van der Waals surface area contributed by atoms with E-state index in [2.05, 4.69) is 74.6 Å². The maximum Gasteiger partial charge on any atom is 0.472 e. The van der Waals surface area contributed by atoms with Gasteiger partial charge in [-0.1, -0.05) is 203 Å². The zero-order valence-electron chi connectivity index (χ0n) is 41.4. The molecule has 0 saturated heterocycles. The molecule has 0 aromatic rings. The van der Waals surface area contributed by atoms with Crippen molar-refractivity contribution in [3.63, 3.8) is 0 Å². The van der Waals surface area contributed by atoms with Gasteiger partial charge in [0.15, 0.2) is 0 Å². The van der Waals surface area contributed by atoms with Gasteiger partial charge in [-0.3, -0.25) is 18.6 Å². The molecule has 3 unspecified atom stereocenters. The maximum atomic E-state index is 12.4. The molecule has 378 valence electrons. The van der Waals surface area contributed by atoms with Crippen molar-refractivity contribution in [3.05, 3.63) is 60.8 Å². The molecule has 11 heteroatoms. The monoisotopic (exact) mass is 937 g/mol. The Hall–Kier alpha value is -2.33. The van der Waals surface area contributed by atoms with E-state index in [1.807, 2.05) is 0 Å². The van der Waals surface area contributed by atoms with Gasteiger partial charge in [-0.25, -0.2) is 4.57 Å². The SMILES string of the molecule is CC/C=C\C/C=C\C/C=C\C/C=C\CCCCCCCCCCCCC(=O)OC(CO)COP(=O)(O)OCC(CO)OC(=O)CCCCCCCCCCC/C=C\CCCCCCCC. The molecule has 0 rings (SSSR count). The second-order valence-corrected chi connectivity index (χ2v) is 18.9. The lowest BCUT2D eigenvalue weighted by atomic mass is 10.0. The van der Waals surface area contributed by atoms with Gasteiger partial charge in [-0.2, -0.15) is 0 Å². The third-order valence-electron chi connectivity index (χ3n) is 11.2. The highest BCUT2D eigenvalue weighted by molar-refractivity contribution is 7.47. The number of unbranched alkanes of at least 4 members (excludes halogenated alkanes) is 25. The molecule has 0 spiro atoms. The molecule has 0 saturated carbocycles. The highest BCUT2D eigenvalue weighted by Crippen LogP contribution is 2.43. The molecule has 0 radical (unpaired) electrons. The van der Waals surface area contributed by atoms with Crippen LogP contribution in [0.4, 0.5) is 0 Å². The second kappa shape index (κ2) is 49.6. The highest BCUT2D eigenvalue weighted by atomic mass is 31.2. The number of allylic oxidation sites excluding steroid dienone is 10. The number of carbonyl (C=O) groups is 2. The first-order valence-electron chi connectivity index (χ1n) is 26.2. The van der Waals surface area contributed by atoms with Gasteiger partial charge in [0.2, 0.25) is 0 Å². The lowest BCUT2D eigenvalue weighted by molar-refractivity contribution is -0.153. The Bertz CT molecular complexity index is 1260. The Labute approximate surface area is 397 Å². The molecule has 0 aromatic carbocycles. The van der Waals surface area contributed by atoms with Crippen molar-refractivity contribution >= 4 is 19.8 Å². The number of phosphoric ester groups is 1. The number of carbonyl (C=O) groups excluding carboxylic acids is 2. The van der Waals surface area contributed by atoms with E-state index in [4.69, 9.17) is 18.5 Å². The fourth-order valence-corrected chi connectivity index (χ4v) is 8.00. The molecule has 0 bridgehead atoms. The van der Waals surface area contributed by atoms with Gasteiger partial charge in [-0.15, -0.1) is 0 Å². The summed E-state index contributed by atoms with van der Waals surface area (Å²) in [4.78, 5) is 34.7. The first-order valence-corrected chi connectivity index (χ1v) is 27.7. The topological polar surface area (TPSA) is 149 Å². The molecule has 0 amide bonds. The van der Waals surface area contributed by atoms with Crippen LogP contribution in [0.15, 0.2) is 60.8 Å². The Morgan fingerprint density at radius 1 is 0.431 bits per heavy atom. The predicted molar refractivity (Wildman–Crippen MR) is 270 cm³/mol. The van der Waals surface area contributed by atoms with Gasteiger partial charge in [0.25, 0.3) is 0 Å². The molecule has 3 atom stereocenters. The average molecular weight is 937 g/mol. The number of esters is 2. The van der Waals surface area contributed by atoms with Gasteiger partial charge >= 0.3 is 19.8 Å². The number of ether oxygens (including phenoxy) is 2. The summed E-state index contributed by atoms with van der Waals surface area (Å²) in [7, 11) is -4.65. The van der Waals surface area contributed by atoms with Crippen molar-refractivity contribution in [2.24, 2.45) is 0 Å². The molecule has 65 heavy (non-hydrogen) atoms. The molecule has 0 aliphatic rings. The van der Waals surface area contributed by atoms with E-state index < -0.39 is 58.4 Å². The summed E-state index contributed by atoms with van der Waals surface area (Å²) in [6.07, 6.45) is 57.6. The molecular formula is C54H97O10P. The van der Waals surface area contributed by atoms with Crippen LogP contribution in [-0.2, 0) is 32.7 Å². The molecule has 0 aliphatic carbocycles. The summed E-state index contributed by atoms with van der Waals surface area (Å²) < 4.78 is 32.8. The zero-order chi connectivity index (χ0) is 47.6. The van der Waals surface area contributed by atoms with E-state index in [9.17, 15) is 29.3 Å². The van der Waals surface area contributed by atoms with E-state index in [1.165, 1.54) is 122 Å². The van der Waals surface area contributed by atoms with Gasteiger partial charge < -0.3 is 24.6 Å². The Morgan fingerprint density at radius 2 is 0.723 bits per heavy atom. The minimum absolute atomic E-state index is 0.185. The van der Waals surface area contributed by atoms with Crippen LogP contribution in [-0.4, -0.2) is 65.7 Å². The number of phosphoric acid groups is 1. The van der Waals surface area contributed by atoms with Crippen LogP contribution in [0.2, 0.25) is 0 Å². The first-order chi connectivity index (χ1) is 31.8. The average Bonchev–Trinajstić information content (AvgIpc) is 3.30. The minimum atomic E-state index is -4.65. The van der Waals surface area contributed by atoms with Crippen molar-refractivity contribution in [1.82, 2.24) is 0 Å². The molecule has 10 nitrogen and oxygen atoms in total. The number of rotatable bonds is 49. The molecule has 3 N–H and O–H groups in total. The number of hydrogen-bond acceptors (Lipinski definition) is 9. The fraction of sp³-hybridized carbons (Fsp3) is 0.778. The molecule has 0 heterocycles. The lowest BCUT2D eigenvalue weighted by Crippen LogP contribution is -2.28. The van der Waals surface area contributed by atoms with E-state index in [1.54, 1.807) is 0 Å². The molecule has 0 aliphatic heterocycles. The van der Waals surface area contributed by atoms with E-state index in [0.29, 0.717) is 12.8 Å². The van der Waals surface area contributed by atoms with Crippen LogP contribution in [0, 0.1) is 0 Å². The summed E-state index contributed by atoms with van der Waals surface area (Å²) >= 11 is 0. The third-order valence-corrected chi connectivity index (χ3v) is 12.2. The van der Waals surface area contributed by atoms with Gasteiger partial charge in [0.05, 0.1) is 26.4 Å². The van der Waals surface area contributed by atoms with Crippen LogP contribution in [0.3, 0.4) is 0 Å². The molecule has 0 aromatic heterocycles.